The summed E-state index contributed by atoms with van der Waals surface area (Å²) in [4.78, 5) is 0. The Kier molecular flexibility index (Phi) is 3.44. The molecule has 2 N–H and O–H groups in total. The van der Waals surface area contributed by atoms with Crippen LogP contribution in [0.1, 0.15) is 44.1 Å². The lowest BCUT2D eigenvalue weighted by Gasteiger charge is -2.55. The molecule has 4 heteroatoms. The van der Waals surface area contributed by atoms with Gasteiger partial charge in [-0.25, -0.2) is 0 Å². The van der Waals surface area contributed by atoms with Gasteiger partial charge in [0.15, 0.2) is 0 Å². The molecule has 2 fully saturated rings. The third-order valence-corrected chi connectivity index (χ3v) is 5.17. The van der Waals surface area contributed by atoms with Gasteiger partial charge in [0.2, 0.25) is 0 Å². The van der Waals surface area contributed by atoms with Gasteiger partial charge in [0.25, 0.3) is 0 Å². The zero-order valence-corrected chi connectivity index (χ0v) is 11.6. The van der Waals surface area contributed by atoms with Gasteiger partial charge < -0.3 is 10.5 Å². The Morgan fingerprint density at radius 3 is 2.20 bits per heavy atom. The standard InChI is InChI=1S/C16H21F2NO/c17-14(18)20-13-5-3-12(4-6-13)16(11-19)9-15(10-16)7-1-2-8-15/h3-6,14H,1-2,7-11,19H2. The van der Waals surface area contributed by atoms with E-state index in [0.29, 0.717) is 12.0 Å². The summed E-state index contributed by atoms with van der Waals surface area (Å²) in [6, 6.07) is 7.04. The fourth-order valence-corrected chi connectivity index (χ4v) is 4.32. The van der Waals surface area contributed by atoms with Crippen LogP contribution in [0.4, 0.5) is 8.78 Å². The molecule has 0 amide bonds. The lowest BCUT2D eigenvalue weighted by atomic mass is 9.50. The second-order valence-electron chi connectivity index (χ2n) is 6.45. The van der Waals surface area contributed by atoms with Gasteiger partial charge in [0, 0.05) is 12.0 Å². The van der Waals surface area contributed by atoms with E-state index in [-0.39, 0.29) is 11.2 Å². The van der Waals surface area contributed by atoms with E-state index in [9.17, 15) is 8.78 Å². The Morgan fingerprint density at radius 2 is 1.70 bits per heavy atom. The molecule has 2 aliphatic rings. The van der Waals surface area contributed by atoms with Crippen LogP contribution in [0.15, 0.2) is 24.3 Å². The molecule has 0 atom stereocenters. The van der Waals surface area contributed by atoms with Crippen molar-refractivity contribution in [3.63, 3.8) is 0 Å². The summed E-state index contributed by atoms with van der Waals surface area (Å²) in [5, 5.41) is 0. The van der Waals surface area contributed by atoms with Crippen LogP contribution in [0, 0.1) is 5.41 Å². The normalized spacial score (nSPS) is 23.0. The average molecular weight is 281 g/mol. The number of hydrogen-bond donors (Lipinski definition) is 1. The Balaban J connectivity index is 1.74. The minimum Gasteiger partial charge on any atom is -0.435 e. The van der Waals surface area contributed by atoms with Crippen LogP contribution in [0.25, 0.3) is 0 Å². The van der Waals surface area contributed by atoms with Crippen molar-refractivity contribution >= 4 is 0 Å². The maximum atomic E-state index is 12.2. The number of hydrogen-bond acceptors (Lipinski definition) is 2. The van der Waals surface area contributed by atoms with Gasteiger partial charge in [-0.2, -0.15) is 8.78 Å². The first-order chi connectivity index (χ1) is 9.57. The van der Waals surface area contributed by atoms with E-state index in [0.717, 1.165) is 12.8 Å². The first-order valence-electron chi connectivity index (χ1n) is 7.33. The molecule has 1 aromatic rings. The predicted molar refractivity (Wildman–Crippen MR) is 73.9 cm³/mol. The highest BCUT2D eigenvalue weighted by molar-refractivity contribution is 5.36. The third-order valence-electron chi connectivity index (χ3n) is 5.17. The minimum absolute atomic E-state index is 0.0493. The van der Waals surface area contributed by atoms with E-state index in [1.165, 1.54) is 31.2 Å². The molecule has 1 spiro atoms. The van der Waals surface area contributed by atoms with E-state index < -0.39 is 6.61 Å². The lowest BCUT2D eigenvalue weighted by molar-refractivity contribution is -0.0498. The monoisotopic (exact) mass is 281 g/mol. The number of alkyl halides is 2. The van der Waals surface area contributed by atoms with Crippen LogP contribution >= 0.6 is 0 Å². The van der Waals surface area contributed by atoms with Crippen molar-refractivity contribution in [2.75, 3.05) is 6.54 Å². The fraction of sp³-hybridized carbons (Fsp3) is 0.625. The Bertz CT molecular complexity index is 458. The lowest BCUT2D eigenvalue weighted by Crippen LogP contribution is -2.52. The van der Waals surface area contributed by atoms with E-state index >= 15 is 0 Å². The molecule has 1 aromatic carbocycles. The van der Waals surface area contributed by atoms with Crippen molar-refractivity contribution in [1.82, 2.24) is 0 Å². The van der Waals surface area contributed by atoms with Crippen molar-refractivity contribution in [2.45, 2.75) is 50.6 Å². The number of halogens is 2. The SMILES string of the molecule is NCC1(c2ccc(OC(F)F)cc2)CC2(CCCC2)C1. The summed E-state index contributed by atoms with van der Waals surface area (Å²) < 4.78 is 28.7. The van der Waals surface area contributed by atoms with Gasteiger partial charge in [0.05, 0.1) is 0 Å². The molecule has 20 heavy (non-hydrogen) atoms. The zero-order valence-electron chi connectivity index (χ0n) is 11.6. The van der Waals surface area contributed by atoms with Crippen molar-refractivity contribution in [3.8, 4) is 5.75 Å². The molecule has 2 aliphatic carbocycles. The second kappa shape index (κ2) is 4.99. The molecule has 2 nitrogen and oxygen atoms in total. The smallest absolute Gasteiger partial charge is 0.387 e. The summed E-state index contributed by atoms with van der Waals surface area (Å²) >= 11 is 0. The van der Waals surface area contributed by atoms with E-state index in [2.05, 4.69) is 4.74 Å². The van der Waals surface area contributed by atoms with E-state index in [1.54, 1.807) is 12.1 Å². The van der Waals surface area contributed by atoms with Crippen LogP contribution in [-0.2, 0) is 5.41 Å². The largest absolute Gasteiger partial charge is 0.435 e. The van der Waals surface area contributed by atoms with Gasteiger partial charge in [0.1, 0.15) is 5.75 Å². The molecule has 3 rings (SSSR count). The van der Waals surface area contributed by atoms with Crippen molar-refractivity contribution < 1.29 is 13.5 Å². The maximum absolute atomic E-state index is 12.2. The van der Waals surface area contributed by atoms with Gasteiger partial charge >= 0.3 is 6.61 Å². The van der Waals surface area contributed by atoms with Crippen molar-refractivity contribution in [2.24, 2.45) is 11.1 Å². The third kappa shape index (κ3) is 2.30. The summed E-state index contributed by atoms with van der Waals surface area (Å²) in [5.41, 5.74) is 7.75. The molecule has 2 saturated carbocycles. The average Bonchev–Trinajstić information content (AvgIpc) is 2.86. The van der Waals surface area contributed by atoms with Crippen molar-refractivity contribution in [1.29, 1.82) is 0 Å². The zero-order chi connectivity index (χ0) is 14.2. The molecule has 0 aliphatic heterocycles. The molecule has 0 radical (unpaired) electrons. The Hall–Kier alpha value is -1.16. The minimum atomic E-state index is -2.77. The van der Waals surface area contributed by atoms with Crippen molar-refractivity contribution in [3.05, 3.63) is 29.8 Å². The fourth-order valence-electron chi connectivity index (χ4n) is 4.32. The van der Waals surface area contributed by atoms with Crippen LogP contribution in [0.3, 0.4) is 0 Å². The highest BCUT2D eigenvalue weighted by Crippen LogP contribution is 2.62. The van der Waals surface area contributed by atoms with Gasteiger partial charge in [-0.05, 0) is 48.8 Å². The summed E-state index contributed by atoms with van der Waals surface area (Å²) in [6.45, 7) is -2.14. The van der Waals surface area contributed by atoms with Crippen LogP contribution in [0.2, 0.25) is 0 Å². The van der Waals surface area contributed by atoms with Gasteiger partial charge in [-0.15, -0.1) is 0 Å². The molecule has 0 bridgehead atoms. The highest BCUT2D eigenvalue weighted by Gasteiger charge is 2.54. The molecule has 0 aromatic heterocycles. The summed E-state index contributed by atoms with van der Waals surface area (Å²) in [5.74, 6) is 0.214. The molecule has 110 valence electrons. The molecular formula is C16H21F2NO. The maximum Gasteiger partial charge on any atom is 0.387 e. The quantitative estimate of drug-likeness (QED) is 0.910. The Labute approximate surface area is 118 Å². The highest BCUT2D eigenvalue weighted by atomic mass is 19.3. The van der Waals surface area contributed by atoms with Gasteiger partial charge in [-0.1, -0.05) is 25.0 Å². The van der Waals surface area contributed by atoms with Crippen LogP contribution in [-0.4, -0.2) is 13.2 Å². The first-order valence-corrected chi connectivity index (χ1v) is 7.33. The summed E-state index contributed by atoms with van der Waals surface area (Å²) in [7, 11) is 0. The van der Waals surface area contributed by atoms with Gasteiger partial charge in [-0.3, -0.25) is 0 Å². The molecule has 0 saturated heterocycles. The van der Waals surface area contributed by atoms with E-state index in [4.69, 9.17) is 5.73 Å². The Morgan fingerprint density at radius 1 is 1.10 bits per heavy atom. The molecular weight excluding hydrogens is 260 g/mol. The van der Waals surface area contributed by atoms with Crippen LogP contribution in [0.5, 0.6) is 5.75 Å². The van der Waals surface area contributed by atoms with E-state index in [1.807, 2.05) is 12.1 Å². The topological polar surface area (TPSA) is 35.2 Å². The number of rotatable bonds is 4. The first kappa shape index (κ1) is 13.8. The van der Waals surface area contributed by atoms with Crippen LogP contribution < -0.4 is 10.5 Å². The predicted octanol–water partition coefficient (Wildman–Crippen LogP) is 3.84. The number of benzene rings is 1. The second-order valence-corrected chi connectivity index (χ2v) is 6.45. The number of nitrogens with two attached hydrogens (primary N) is 1. The number of ether oxygens (including phenoxy) is 1. The molecule has 0 heterocycles. The molecule has 0 unspecified atom stereocenters. The summed E-state index contributed by atoms with van der Waals surface area (Å²) in [6.07, 6.45) is 7.60.